The highest BCUT2D eigenvalue weighted by Gasteiger charge is 2.53. The van der Waals surface area contributed by atoms with Crippen molar-refractivity contribution in [3.63, 3.8) is 0 Å². The zero-order chi connectivity index (χ0) is 7.23. The third-order valence-corrected chi connectivity index (χ3v) is 2.30. The second-order valence-corrected chi connectivity index (χ2v) is 3.22. The first-order chi connectivity index (χ1) is 3.98. The van der Waals surface area contributed by atoms with E-state index in [4.69, 9.17) is 0 Å². The van der Waals surface area contributed by atoms with Gasteiger partial charge in [0.15, 0.2) is 0 Å². The Kier molecular flexibility index (Phi) is 1.09. The van der Waals surface area contributed by atoms with Crippen LogP contribution in [-0.2, 0) is 4.79 Å². The highest BCUT2D eigenvalue weighted by Crippen LogP contribution is 2.39. The molecule has 9 heavy (non-hydrogen) atoms. The number of hydrogen-bond acceptors (Lipinski definition) is 1. The molecule has 1 atom stereocenters. The molecule has 1 aliphatic heterocycles. The number of nitrogens with zero attached hydrogens (tertiary/aromatic N) is 1. The summed E-state index contributed by atoms with van der Waals surface area (Å²) < 4.78 is 0. The fourth-order valence-corrected chi connectivity index (χ4v) is 1.36. The number of amides is 1. The summed E-state index contributed by atoms with van der Waals surface area (Å²) in [6, 6.07) is 0.440. The van der Waals surface area contributed by atoms with Gasteiger partial charge in [0, 0.05) is 6.92 Å². The first-order valence-electron chi connectivity index (χ1n) is 3.28. The highest BCUT2D eigenvalue weighted by molar-refractivity contribution is 5.78. The van der Waals surface area contributed by atoms with Crippen LogP contribution in [0.4, 0.5) is 0 Å². The lowest BCUT2D eigenvalue weighted by Crippen LogP contribution is -2.13. The maximum atomic E-state index is 10.8. The normalized spacial score (nSPS) is 30.2. The molecule has 0 aromatic heterocycles. The summed E-state index contributed by atoms with van der Waals surface area (Å²) >= 11 is 0. The Bertz CT molecular complexity index is 151. The van der Waals surface area contributed by atoms with Crippen LogP contribution in [0.1, 0.15) is 27.7 Å². The van der Waals surface area contributed by atoms with E-state index in [-0.39, 0.29) is 11.4 Å². The monoisotopic (exact) mass is 127 g/mol. The average Bonchev–Trinajstić information content (AvgIpc) is 2.07. The Hall–Kier alpha value is -0.530. The van der Waals surface area contributed by atoms with Gasteiger partial charge in [0.2, 0.25) is 5.91 Å². The Balaban J connectivity index is 2.62. The van der Waals surface area contributed by atoms with E-state index in [1.807, 2.05) is 4.90 Å². The standard InChI is InChI=1S/C7H13NO/c1-5-7(3,4)8(5)6(2)9/h5H,1-4H3/t5-,8?/m0/s1. The summed E-state index contributed by atoms with van der Waals surface area (Å²) in [7, 11) is 0. The molecule has 0 saturated carbocycles. The fourth-order valence-electron chi connectivity index (χ4n) is 1.36. The largest absolute Gasteiger partial charge is 0.331 e. The Labute approximate surface area is 55.8 Å². The molecule has 1 fully saturated rings. The third-order valence-electron chi connectivity index (χ3n) is 2.30. The van der Waals surface area contributed by atoms with Crippen molar-refractivity contribution in [2.75, 3.05) is 0 Å². The van der Waals surface area contributed by atoms with E-state index in [9.17, 15) is 4.79 Å². The maximum Gasteiger partial charge on any atom is 0.220 e. The molecule has 1 heterocycles. The number of carbonyl (C=O) groups excluding carboxylic acids is 1. The predicted molar refractivity (Wildman–Crippen MR) is 36.1 cm³/mol. The van der Waals surface area contributed by atoms with Crippen LogP contribution in [0.5, 0.6) is 0 Å². The van der Waals surface area contributed by atoms with Crippen LogP contribution in [0.25, 0.3) is 0 Å². The molecule has 0 N–H and O–H groups in total. The summed E-state index contributed by atoms with van der Waals surface area (Å²) in [6.07, 6.45) is 0. The van der Waals surface area contributed by atoms with Crippen LogP contribution in [0, 0.1) is 0 Å². The molecule has 2 nitrogen and oxygen atoms in total. The second-order valence-electron chi connectivity index (χ2n) is 3.22. The van der Waals surface area contributed by atoms with Crippen molar-refractivity contribution in [1.82, 2.24) is 4.90 Å². The van der Waals surface area contributed by atoms with Crippen molar-refractivity contribution in [3.8, 4) is 0 Å². The number of hydrogen-bond donors (Lipinski definition) is 0. The molecule has 1 rings (SSSR count). The van der Waals surface area contributed by atoms with Gasteiger partial charge in [0.1, 0.15) is 0 Å². The molecular formula is C7H13NO. The lowest BCUT2D eigenvalue weighted by molar-refractivity contribution is -0.124. The van der Waals surface area contributed by atoms with Crippen molar-refractivity contribution in [3.05, 3.63) is 0 Å². The maximum absolute atomic E-state index is 10.8. The summed E-state index contributed by atoms with van der Waals surface area (Å²) in [5, 5.41) is 0. The van der Waals surface area contributed by atoms with E-state index in [1.165, 1.54) is 0 Å². The summed E-state index contributed by atoms with van der Waals surface area (Å²) in [5.41, 5.74) is 0.131. The minimum absolute atomic E-state index is 0.131. The molecule has 0 aromatic carbocycles. The van der Waals surface area contributed by atoms with Gasteiger partial charge in [-0.25, -0.2) is 0 Å². The van der Waals surface area contributed by atoms with E-state index in [0.717, 1.165) is 0 Å². The number of carbonyl (C=O) groups is 1. The first-order valence-corrected chi connectivity index (χ1v) is 3.28. The van der Waals surface area contributed by atoms with Gasteiger partial charge in [-0.15, -0.1) is 0 Å². The van der Waals surface area contributed by atoms with Crippen LogP contribution in [-0.4, -0.2) is 22.4 Å². The van der Waals surface area contributed by atoms with Gasteiger partial charge in [-0.1, -0.05) is 0 Å². The van der Waals surface area contributed by atoms with Crippen LogP contribution in [0.2, 0.25) is 0 Å². The SMILES string of the molecule is CC(=O)N1[C@@H](C)C1(C)C. The lowest BCUT2D eigenvalue weighted by atomic mass is 10.2. The van der Waals surface area contributed by atoms with Crippen molar-refractivity contribution in [1.29, 1.82) is 0 Å². The Morgan fingerprint density at radius 1 is 1.56 bits per heavy atom. The molecule has 0 unspecified atom stereocenters. The Morgan fingerprint density at radius 2 is 1.89 bits per heavy atom. The van der Waals surface area contributed by atoms with Gasteiger partial charge in [0.25, 0.3) is 0 Å². The smallest absolute Gasteiger partial charge is 0.220 e. The van der Waals surface area contributed by atoms with Crippen molar-refractivity contribution < 1.29 is 4.79 Å². The fraction of sp³-hybridized carbons (Fsp3) is 0.857. The third kappa shape index (κ3) is 0.732. The van der Waals surface area contributed by atoms with Gasteiger partial charge >= 0.3 is 0 Å². The predicted octanol–water partition coefficient (Wildman–Crippen LogP) is 1.02. The van der Waals surface area contributed by atoms with E-state index in [0.29, 0.717) is 6.04 Å². The summed E-state index contributed by atoms with van der Waals surface area (Å²) in [6.45, 7) is 7.85. The summed E-state index contributed by atoms with van der Waals surface area (Å²) in [5.74, 6) is 0.188. The second kappa shape index (κ2) is 1.49. The molecular weight excluding hydrogens is 114 g/mol. The molecule has 52 valence electrons. The minimum atomic E-state index is 0.131. The molecule has 0 bridgehead atoms. The average molecular weight is 127 g/mol. The topological polar surface area (TPSA) is 20.1 Å². The van der Waals surface area contributed by atoms with Crippen molar-refractivity contribution in [2.24, 2.45) is 0 Å². The molecule has 0 radical (unpaired) electrons. The number of rotatable bonds is 0. The van der Waals surface area contributed by atoms with E-state index >= 15 is 0 Å². The zero-order valence-corrected chi connectivity index (χ0v) is 6.43. The quantitative estimate of drug-likeness (QED) is 0.445. The molecule has 0 aromatic rings. The van der Waals surface area contributed by atoms with E-state index in [2.05, 4.69) is 20.8 Å². The van der Waals surface area contributed by atoms with E-state index in [1.54, 1.807) is 6.92 Å². The van der Waals surface area contributed by atoms with Crippen molar-refractivity contribution in [2.45, 2.75) is 39.3 Å². The lowest BCUT2D eigenvalue weighted by Gasteiger charge is -2.00. The first kappa shape index (κ1) is 6.59. The molecule has 1 saturated heterocycles. The van der Waals surface area contributed by atoms with Crippen LogP contribution >= 0.6 is 0 Å². The molecule has 1 aliphatic rings. The van der Waals surface area contributed by atoms with Gasteiger partial charge < -0.3 is 4.90 Å². The van der Waals surface area contributed by atoms with Crippen LogP contribution < -0.4 is 0 Å². The molecule has 1 amide bonds. The molecule has 2 heteroatoms. The van der Waals surface area contributed by atoms with Gasteiger partial charge in [-0.2, -0.15) is 0 Å². The van der Waals surface area contributed by atoms with Crippen LogP contribution in [0.3, 0.4) is 0 Å². The highest BCUT2D eigenvalue weighted by atomic mass is 16.2. The minimum Gasteiger partial charge on any atom is -0.331 e. The Morgan fingerprint density at radius 3 is 1.89 bits per heavy atom. The molecule has 0 aliphatic carbocycles. The van der Waals surface area contributed by atoms with Crippen LogP contribution in [0.15, 0.2) is 0 Å². The summed E-state index contributed by atoms with van der Waals surface area (Å²) in [4.78, 5) is 12.6. The molecule has 0 spiro atoms. The van der Waals surface area contributed by atoms with Crippen molar-refractivity contribution >= 4 is 5.91 Å². The zero-order valence-electron chi connectivity index (χ0n) is 6.43. The van der Waals surface area contributed by atoms with Gasteiger partial charge in [-0.05, 0) is 20.8 Å². The van der Waals surface area contributed by atoms with Gasteiger partial charge in [-0.3, -0.25) is 4.79 Å². The van der Waals surface area contributed by atoms with Gasteiger partial charge in [0.05, 0.1) is 11.6 Å². The van der Waals surface area contributed by atoms with E-state index < -0.39 is 0 Å².